The zero-order valence-electron chi connectivity index (χ0n) is 9.57. The fraction of sp³-hybridized carbons (Fsp3) is 0.455. The number of aromatic nitrogens is 1. The van der Waals surface area contributed by atoms with Crippen LogP contribution in [-0.2, 0) is 4.79 Å². The van der Waals surface area contributed by atoms with Crippen molar-refractivity contribution in [2.45, 2.75) is 19.2 Å². The number of likely N-dealkylation sites (tertiary alicyclic amines) is 1. The van der Waals surface area contributed by atoms with Gasteiger partial charge in [0.2, 0.25) is 5.88 Å². The van der Waals surface area contributed by atoms with Crippen molar-refractivity contribution >= 4 is 5.91 Å². The predicted molar refractivity (Wildman–Crippen MR) is 56.0 cm³/mol. The lowest BCUT2D eigenvalue weighted by Gasteiger charge is -2.38. The number of hydrogen-bond acceptors (Lipinski definition) is 3. The van der Waals surface area contributed by atoms with E-state index in [2.05, 4.69) is 4.98 Å². The van der Waals surface area contributed by atoms with E-state index < -0.39 is 18.2 Å². The average Bonchev–Trinajstić information content (AvgIpc) is 2.20. The molecule has 1 saturated heterocycles. The van der Waals surface area contributed by atoms with Crippen LogP contribution >= 0.6 is 0 Å². The molecule has 1 aromatic heterocycles. The van der Waals surface area contributed by atoms with Crippen molar-refractivity contribution in [2.75, 3.05) is 13.1 Å². The van der Waals surface area contributed by atoms with Gasteiger partial charge in [0.25, 0.3) is 0 Å². The normalized spacial score (nSPS) is 16.3. The summed E-state index contributed by atoms with van der Waals surface area (Å²) in [6.45, 7) is 1.66. The molecule has 1 aliphatic rings. The Balaban J connectivity index is 1.85. The molecule has 0 N–H and O–H groups in total. The highest BCUT2D eigenvalue weighted by molar-refractivity contribution is 5.82. The first-order chi connectivity index (χ1) is 8.36. The molecule has 0 saturated carbocycles. The number of rotatable bonds is 2. The maximum atomic E-state index is 12.1. The molecule has 0 aromatic carbocycles. The molecule has 0 aliphatic carbocycles. The van der Waals surface area contributed by atoms with Crippen molar-refractivity contribution in [2.24, 2.45) is 0 Å². The molecule has 0 unspecified atom stereocenters. The molecule has 2 heterocycles. The summed E-state index contributed by atoms with van der Waals surface area (Å²) >= 11 is 0. The van der Waals surface area contributed by atoms with Gasteiger partial charge in [-0.2, -0.15) is 13.2 Å². The van der Waals surface area contributed by atoms with Gasteiger partial charge < -0.3 is 9.64 Å². The number of halogens is 3. The monoisotopic (exact) mass is 260 g/mol. The summed E-state index contributed by atoms with van der Waals surface area (Å²) in [6, 6.07) is 5.16. The lowest BCUT2D eigenvalue weighted by Crippen LogP contribution is -2.59. The van der Waals surface area contributed by atoms with Crippen LogP contribution in [0, 0.1) is 6.92 Å². The molecule has 0 spiro atoms. The number of carbonyl (C=O) groups excluding carboxylic acids is 1. The van der Waals surface area contributed by atoms with Crippen molar-refractivity contribution in [3.63, 3.8) is 0 Å². The Kier molecular flexibility index (Phi) is 3.14. The number of nitrogens with zero attached hydrogens (tertiary/aromatic N) is 2. The predicted octanol–water partition coefficient (Wildman–Crippen LogP) is 1.54. The smallest absolute Gasteiger partial charge is 0.471 e. The molecule has 1 aliphatic heterocycles. The molecule has 1 aromatic rings. The van der Waals surface area contributed by atoms with E-state index in [4.69, 9.17) is 4.74 Å². The molecular weight excluding hydrogens is 249 g/mol. The third-order valence-electron chi connectivity index (χ3n) is 2.53. The maximum absolute atomic E-state index is 12.1. The van der Waals surface area contributed by atoms with Crippen molar-refractivity contribution in [1.29, 1.82) is 0 Å². The highest BCUT2D eigenvalue weighted by atomic mass is 19.4. The van der Waals surface area contributed by atoms with E-state index in [1.54, 1.807) is 25.1 Å². The van der Waals surface area contributed by atoms with Crippen LogP contribution in [0.25, 0.3) is 0 Å². The fourth-order valence-corrected chi connectivity index (χ4v) is 1.61. The number of aryl methyl sites for hydroxylation is 1. The Morgan fingerprint density at radius 3 is 2.67 bits per heavy atom. The van der Waals surface area contributed by atoms with E-state index in [1.165, 1.54) is 0 Å². The standard InChI is InChI=1S/C11H11F3N2O2/c1-7-3-2-4-9(15-7)18-8-5-16(6-8)10(17)11(12,13)14/h2-4,8H,5-6H2,1H3. The minimum atomic E-state index is -4.81. The molecule has 0 atom stereocenters. The molecule has 0 radical (unpaired) electrons. The molecule has 2 rings (SSSR count). The van der Waals surface area contributed by atoms with Crippen LogP contribution in [0.3, 0.4) is 0 Å². The largest absolute Gasteiger partial charge is 0.471 e. The van der Waals surface area contributed by atoms with Crippen molar-refractivity contribution in [1.82, 2.24) is 9.88 Å². The topological polar surface area (TPSA) is 42.4 Å². The zero-order chi connectivity index (χ0) is 13.3. The van der Waals surface area contributed by atoms with E-state index in [0.717, 1.165) is 5.69 Å². The van der Waals surface area contributed by atoms with Crippen molar-refractivity contribution < 1.29 is 22.7 Å². The van der Waals surface area contributed by atoms with E-state index >= 15 is 0 Å². The van der Waals surface area contributed by atoms with Gasteiger partial charge >= 0.3 is 12.1 Å². The number of amides is 1. The quantitative estimate of drug-likeness (QED) is 0.810. The minimum absolute atomic E-state index is 0.0615. The van der Waals surface area contributed by atoms with Crippen LogP contribution in [0.5, 0.6) is 5.88 Å². The Labute approximate surface area is 101 Å². The third kappa shape index (κ3) is 2.72. The second-order valence-corrected chi connectivity index (χ2v) is 4.06. The first-order valence-electron chi connectivity index (χ1n) is 5.32. The highest BCUT2D eigenvalue weighted by Crippen LogP contribution is 2.24. The van der Waals surface area contributed by atoms with Crippen LogP contribution < -0.4 is 4.74 Å². The van der Waals surface area contributed by atoms with Crippen molar-refractivity contribution in [3.05, 3.63) is 23.9 Å². The third-order valence-corrected chi connectivity index (χ3v) is 2.53. The van der Waals surface area contributed by atoms with Crippen LogP contribution in [0.4, 0.5) is 13.2 Å². The van der Waals surface area contributed by atoms with Crippen LogP contribution in [-0.4, -0.2) is 41.2 Å². The maximum Gasteiger partial charge on any atom is 0.471 e. The van der Waals surface area contributed by atoms with Gasteiger partial charge in [-0.15, -0.1) is 0 Å². The van der Waals surface area contributed by atoms with Crippen LogP contribution in [0.15, 0.2) is 18.2 Å². The first kappa shape index (κ1) is 12.7. The Bertz CT molecular complexity index is 456. The SMILES string of the molecule is Cc1cccc(OC2CN(C(=O)C(F)(F)F)C2)n1. The van der Waals surface area contributed by atoms with Gasteiger partial charge in [0, 0.05) is 11.8 Å². The molecule has 0 bridgehead atoms. The van der Waals surface area contributed by atoms with Crippen molar-refractivity contribution in [3.8, 4) is 5.88 Å². The number of hydrogen-bond donors (Lipinski definition) is 0. The van der Waals surface area contributed by atoms with Crippen LogP contribution in [0.2, 0.25) is 0 Å². The number of ether oxygens (including phenoxy) is 1. The summed E-state index contributed by atoms with van der Waals surface area (Å²) in [5.74, 6) is -1.46. The van der Waals surface area contributed by atoms with E-state index in [1.807, 2.05) is 0 Å². The second kappa shape index (κ2) is 4.47. The summed E-state index contributed by atoms with van der Waals surface area (Å²) in [6.07, 6.45) is -5.24. The molecular formula is C11H11F3N2O2. The Morgan fingerprint density at radius 2 is 2.11 bits per heavy atom. The summed E-state index contributed by atoms with van der Waals surface area (Å²) in [5, 5.41) is 0. The van der Waals surface area contributed by atoms with Gasteiger partial charge in [-0.1, -0.05) is 6.07 Å². The van der Waals surface area contributed by atoms with Gasteiger partial charge in [0.1, 0.15) is 6.10 Å². The molecule has 98 valence electrons. The molecule has 1 amide bonds. The van der Waals surface area contributed by atoms with Gasteiger partial charge in [-0.3, -0.25) is 4.79 Å². The van der Waals surface area contributed by atoms with E-state index in [9.17, 15) is 18.0 Å². The minimum Gasteiger partial charge on any atom is -0.471 e. The zero-order valence-corrected chi connectivity index (χ0v) is 9.57. The summed E-state index contributed by atoms with van der Waals surface area (Å²) < 4.78 is 41.6. The summed E-state index contributed by atoms with van der Waals surface area (Å²) in [5.41, 5.74) is 0.759. The second-order valence-electron chi connectivity index (χ2n) is 4.06. The highest BCUT2D eigenvalue weighted by Gasteiger charge is 2.47. The molecule has 18 heavy (non-hydrogen) atoms. The lowest BCUT2D eigenvalue weighted by atomic mass is 10.1. The van der Waals surface area contributed by atoms with Crippen LogP contribution in [0.1, 0.15) is 5.69 Å². The van der Waals surface area contributed by atoms with E-state index in [-0.39, 0.29) is 13.1 Å². The molecule has 4 nitrogen and oxygen atoms in total. The Hall–Kier alpha value is -1.79. The first-order valence-corrected chi connectivity index (χ1v) is 5.32. The van der Waals surface area contributed by atoms with Gasteiger partial charge in [-0.25, -0.2) is 4.98 Å². The fourth-order valence-electron chi connectivity index (χ4n) is 1.61. The Morgan fingerprint density at radius 1 is 1.44 bits per heavy atom. The number of pyridine rings is 1. The van der Waals surface area contributed by atoms with Gasteiger partial charge in [0.05, 0.1) is 13.1 Å². The van der Waals surface area contributed by atoms with Gasteiger partial charge in [0.15, 0.2) is 0 Å². The lowest BCUT2D eigenvalue weighted by molar-refractivity contribution is -0.193. The van der Waals surface area contributed by atoms with Gasteiger partial charge in [-0.05, 0) is 13.0 Å². The number of alkyl halides is 3. The summed E-state index contributed by atoms with van der Waals surface area (Å²) in [4.78, 5) is 15.6. The number of carbonyl (C=O) groups is 1. The van der Waals surface area contributed by atoms with E-state index in [0.29, 0.717) is 10.8 Å². The molecule has 1 fully saturated rings. The molecule has 7 heteroatoms. The average molecular weight is 260 g/mol. The summed E-state index contributed by atoms with van der Waals surface area (Å²) in [7, 11) is 0.